The number of benzene rings is 1. The van der Waals surface area contributed by atoms with Crippen LogP contribution in [0.2, 0.25) is 0 Å². The van der Waals surface area contributed by atoms with Crippen LogP contribution in [-0.4, -0.2) is 61.2 Å². The van der Waals surface area contributed by atoms with Crippen molar-refractivity contribution in [2.75, 3.05) is 26.2 Å². The zero-order valence-corrected chi connectivity index (χ0v) is 16.5. The molecule has 0 radical (unpaired) electrons. The van der Waals surface area contributed by atoms with E-state index in [0.717, 1.165) is 0 Å². The molecule has 1 aromatic carbocycles. The van der Waals surface area contributed by atoms with Crippen molar-refractivity contribution < 1.29 is 18.0 Å². The van der Waals surface area contributed by atoms with E-state index in [0.29, 0.717) is 18.7 Å². The summed E-state index contributed by atoms with van der Waals surface area (Å²) in [6.45, 7) is 11.6. The highest BCUT2D eigenvalue weighted by molar-refractivity contribution is 7.89. The molecule has 8 heteroatoms. The standard InChI is InChI=1S/C19H25N3O4S/c1-5-12-21(13-6-2)27(25,26)16-9-7-15(8-10-16)17(23)22-14-11-20-18(24)19(22,3)4/h5-10H,1-2,11-14H2,3-4H3,(H,20,24). The first-order valence-corrected chi connectivity index (χ1v) is 10.0. The Morgan fingerprint density at radius 1 is 1.22 bits per heavy atom. The summed E-state index contributed by atoms with van der Waals surface area (Å²) >= 11 is 0. The van der Waals surface area contributed by atoms with Crippen LogP contribution in [0.4, 0.5) is 0 Å². The van der Waals surface area contributed by atoms with E-state index in [4.69, 9.17) is 0 Å². The molecule has 0 aliphatic carbocycles. The number of sulfonamides is 1. The van der Waals surface area contributed by atoms with Crippen LogP contribution in [0, 0.1) is 0 Å². The molecule has 2 rings (SSSR count). The summed E-state index contributed by atoms with van der Waals surface area (Å²) in [6, 6.07) is 5.74. The van der Waals surface area contributed by atoms with Gasteiger partial charge in [-0.15, -0.1) is 13.2 Å². The highest BCUT2D eigenvalue weighted by Crippen LogP contribution is 2.22. The minimum absolute atomic E-state index is 0.0818. The maximum Gasteiger partial charge on any atom is 0.254 e. The van der Waals surface area contributed by atoms with Crippen molar-refractivity contribution in [2.24, 2.45) is 0 Å². The lowest BCUT2D eigenvalue weighted by Gasteiger charge is -2.41. The number of hydrogen-bond donors (Lipinski definition) is 1. The Balaban J connectivity index is 2.28. The molecule has 0 saturated carbocycles. The Kier molecular flexibility index (Phi) is 6.22. The topological polar surface area (TPSA) is 86.8 Å². The van der Waals surface area contributed by atoms with Crippen molar-refractivity contribution in [3.8, 4) is 0 Å². The van der Waals surface area contributed by atoms with Crippen molar-refractivity contribution in [1.82, 2.24) is 14.5 Å². The van der Waals surface area contributed by atoms with Gasteiger partial charge in [-0.05, 0) is 38.1 Å². The lowest BCUT2D eigenvalue weighted by atomic mass is 9.97. The van der Waals surface area contributed by atoms with E-state index in [1.165, 1.54) is 45.6 Å². The van der Waals surface area contributed by atoms with Crippen LogP contribution in [-0.2, 0) is 14.8 Å². The average molecular weight is 391 g/mol. The van der Waals surface area contributed by atoms with Gasteiger partial charge in [-0.3, -0.25) is 9.59 Å². The van der Waals surface area contributed by atoms with E-state index in [1.807, 2.05) is 0 Å². The van der Waals surface area contributed by atoms with Crippen LogP contribution in [0.15, 0.2) is 54.5 Å². The van der Waals surface area contributed by atoms with Crippen LogP contribution in [0.1, 0.15) is 24.2 Å². The molecule has 27 heavy (non-hydrogen) atoms. The minimum atomic E-state index is -3.72. The predicted molar refractivity (Wildman–Crippen MR) is 104 cm³/mol. The highest BCUT2D eigenvalue weighted by atomic mass is 32.2. The molecule has 146 valence electrons. The monoisotopic (exact) mass is 391 g/mol. The van der Waals surface area contributed by atoms with Gasteiger partial charge in [0.1, 0.15) is 5.54 Å². The Morgan fingerprint density at radius 3 is 2.30 bits per heavy atom. The Morgan fingerprint density at radius 2 is 1.78 bits per heavy atom. The smallest absolute Gasteiger partial charge is 0.254 e. The van der Waals surface area contributed by atoms with Crippen LogP contribution in [0.3, 0.4) is 0 Å². The molecule has 1 N–H and O–H groups in total. The molecule has 1 aromatic rings. The number of amides is 2. The fraction of sp³-hybridized carbons (Fsp3) is 0.368. The summed E-state index contributed by atoms with van der Waals surface area (Å²) in [7, 11) is -3.72. The van der Waals surface area contributed by atoms with E-state index in [9.17, 15) is 18.0 Å². The number of carbonyl (C=O) groups is 2. The third-order valence-electron chi connectivity index (χ3n) is 4.50. The molecule has 0 spiro atoms. The van der Waals surface area contributed by atoms with Crippen molar-refractivity contribution >= 4 is 21.8 Å². The normalized spacial score (nSPS) is 16.7. The van der Waals surface area contributed by atoms with E-state index in [-0.39, 0.29) is 29.8 Å². The van der Waals surface area contributed by atoms with Crippen LogP contribution >= 0.6 is 0 Å². The summed E-state index contributed by atoms with van der Waals surface area (Å²) in [5.41, 5.74) is -0.638. The van der Waals surface area contributed by atoms with Crippen molar-refractivity contribution in [3.05, 3.63) is 55.1 Å². The summed E-state index contributed by atoms with van der Waals surface area (Å²) in [5.74, 6) is -0.529. The van der Waals surface area contributed by atoms with Gasteiger partial charge in [0.2, 0.25) is 15.9 Å². The molecular formula is C19H25N3O4S. The first kappa shape index (κ1) is 20.9. The fourth-order valence-electron chi connectivity index (χ4n) is 2.89. The van der Waals surface area contributed by atoms with Gasteiger partial charge in [0.15, 0.2) is 0 Å². The van der Waals surface area contributed by atoms with Gasteiger partial charge < -0.3 is 10.2 Å². The van der Waals surface area contributed by atoms with Crippen LogP contribution in [0.5, 0.6) is 0 Å². The highest BCUT2D eigenvalue weighted by Gasteiger charge is 2.40. The quantitative estimate of drug-likeness (QED) is 0.712. The number of piperazine rings is 1. The number of carbonyl (C=O) groups excluding carboxylic acids is 2. The summed E-state index contributed by atoms with van der Waals surface area (Å²) in [6.07, 6.45) is 3.00. The molecule has 1 fully saturated rings. The predicted octanol–water partition coefficient (Wildman–Crippen LogP) is 1.40. The molecule has 1 saturated heterocycles. The van der Waals surface area contributed by atoms with Crippen LogP contribution < -0.4 is 5.32 Å². The van der Waals surface area contributed by atoms with Crippen molar-refractivity contribution in [1.29, 1.82) is 0 Å². The number of rotatable bonds is 7. The van der Waals surface area contributed by atoms with Gasteiger partial charge in [0, 0.05) is 31.7 Å². The summed E-state index contributed by atoms with van der Waals surface area (Å²) < 4.78 is 26.7. The van der Waals surface area contributed by atoms with Gasteiger partial charge in [0.05, 0.1) is 4.90 Å². The Labute approximate surface area is 160 Å². The third-order valence-corrected chi connectivity index (χ3v) is 6.35. The minimum Gasteiger partial charge on any atom is -0.352 e. The molecule has 1 aliphatic rings. The number of nitrogens with one attached hydrogen (secondary N) is 1. The lowest BCUT2D eigenvalue weighted by molar-refractivity contribution is -0.133. The maximum atomic E-state index is 12.8. The third kappa shape index (κ3) is 4.12. The van der Waals surface area contributed by atoms with Crippen molar-refractivity contribution in [3.63, 3.8) is 0 Å². The fourth-order valence-corrected chi connectivity index (χ4v) is 4.27. The maximum absolute atomic E-state index is 12.8. The Bertz CT molecular complexity index is 834. The van der Waals surface area contributed by atoms with Crippen molar-refractivity contribution in [2.45, 2.75) is 24.3 Å². The molecule has 2 amide bonds. The second-order valence-electron chi connectivity index (χ2n) is 6.70. The molecular weight excluding hydrogens is 366 g/mol. The van der Waals surface area contributed by atoms with Gasteiger partial charge >= 0.3 is 0 Å². The largest absolute Gasteiger partial charge is 0.352 e. The van der Waals surface area contributed by atoms with Gasteiger partial charge in [-0.25, -0.2) is 8.42 Å². The van der Waals surface area contributed by atoms with E-state index in [2.05, 4.69) is 18.5 Å². The first-order chi connectivity index (χ1) is 12.7. The molecule has 0 unspecified atom stereocenters. The zero-order chi connectivity index (χ0) is 20.2. The molecule has 1 heterocycles. The number of nitrogens with zero attached hydrogens (tertiary/aromatic N) is 2. The second kappa shape index (κ2) is 8.06. The summed E-state index contributed by atoms with van der Waals surface area (Å²) in [4.78, 5) is 26.4. The van der Waals surface area contributed by atoms with E-state index in [1.54, 1.807) is 13.8 Å². The SMILES string of the molecule is C=CCN(CC=C)S(=O)(=O)c1ccc(C(=O)N2CCNC(=O)C2(C)C)cc1. The Hall–Kier alpha value is -2.45. The average Bonchev–Trinajstić information content (AvgIpc) is 2.63. The van der Waals surface area contributed by atoms with E-state index < -0.39 is 15.6 Å². The molecule has 0 aromatic heterocycles. The van der Waals surface area contributed by atoms with E-state index >= 15 is 0 Å². The molecule has 7 nitrogen and oxygen atoms in total. The second-order valence-corrected chi connectivity index (χ2v) is 8.63. The number of hydrogen-bond acceptors (Lipinski definition) is 4. The molecule has 0 atom stereocenters. The summed E-state index contributed by atoms with van der Waals surface area (Å²) in [5, 5.41) is 2.74. The van der Waals surface area contributed by atoms with Gasteiger partial charge in [0.25, 0.3) is 5.91 Å². The lowest BCUT2D eigenvalue weighted by Crippen LogP contribution is -2.63. The zero-order valence-electron chi connectivity index (χ0n) is 15.6. The van der Waals surface area contributed by atoms with Gasteiger partial charge in [-0.1, -0.05) is 12.2 Å². The first-order valence-electron chi connectivity index (χ1n) is 8.58. The van der Waals surface area contributed by atoms with Crippen LogP contribution in [0.25, 0.3) is 0 Å². The van der Waals surface area contributed by atoms with Gasteiger partial charge in [-0.2, -0.15) is 4.31 Å². The molecule has 0 bridgehead atoms. The molecule has 1 aliphatic heterocycles.